The van der Waals surface area contributed by atoms with Crippen LogP contribution in [0.15, 0.2) is 17.5 Å². The molecule has 0 aliphatic heterocycles. The van der Waals surface area contributed by atoms with Crippen LogP contribution in [0.5, 0.6) is 0 Å². The molecular weight excluding hydrogens is 476 g/mol. The van der Waals surface area contributed by atoms with Crippen molar-refractivity contribution in [2.75, 3.05) is 20.3 Å². The Morgan fingerprint density at radius 2 is 1.94 bits per heavy atom. The molecule has 206 valence electrons. The summed E-state index contributed by atoms with van der Waals surface area (Å²) in [4.78, 5) is 58.7. The third-order valence-electron chi connectivity index (χ3n) is 6.16. The van der Waals surface area contributed by atoms with Gasteiger partial charge < -0.3 is 19.8 Å². The Kier molecular flexibility index (Phi) is 16.3. The van der Waals surface area contributed by atoms with Gasteiger partial charge in [0.2, 0.25) is 6.61 Å². The molecule has 0 aromatic rings. The maximum atomic E-state index is 12.4. The lowest BCUT2D eigenvalue weighted by Crippen LogP contribution is -2.29. The molecule has 1 saturated carbocycles. The molecule has 0 radical (unpaired) electrons. The van der Waals surface area contributed by atoms with Crippen molar-refractivity contribution in [2.24, 2.45) is 17.2 Å². The number of hydrogen-bond acceptors (Lipinski definition) is 11. The van der Waals surface area contributed by atoms with Crippen LogP contribution in [0.25, 0.3) is 0 Å². The summed E-state index contributed by atoms with van der Waals surface area (Å²) in [6, 6.07) is 0. The van der Waals surface area contributed by atoms with Crippen molar-refractivity contribution in [1.82, 2.24) is 0 Å². The van der Waals surface area contributed by atoms with Crippen molar-refractivity contribution in [1.29, 1.82) is 0 Å². The van der Waals surface area contributed by atoms with E-state index in [0.29, 0.717) is 19.3 Å². The first-order valence-corrected chi connectivity index (χ1v) is 12.7. The predicted molar refractivity (Wildman–Crippen MR) is 128 cm³/mol. The second kappa shape index (κ2) is 18.6. The second-order valence-corrected chi connectivity index (χ2v) is 9.01. The average Bonchev–Trinajstić information content (AvgIpc) is 3.13. The molecule has 0 saturated heterocycles. The first-order chi connectivity index (χ1) is 17.3. The number of ketones is 1. The molecule has 0 heterocycles. The Balaban J connectivity index is 2.34. The Morgan fingerprint density at radius 1 is 1.19 bits per heavy atom. The third-order valence-corrected chi connectivity index (χ3v) is 6.16. The number of Topliss-reactive ketones (excluding diaryl/α,β-unsaturated/α-hetero) is 1. The first kappa shape index (κ1) is 31.4. The molecule has 0 spiro atoms. The van der Waals surface area contributed by atoms with E-state index in [1.54, 1.807) is 12.2 Å². The van der Waals surface area contributed by atoms with Crippen molar-refractivity contribution < 1.29 is 44.1 Å². The summed E-state index contributed by atoms with van der Waals surface area (Å²) in [7, 11) is 1.10. The van der Waals surface area contributed by atoms with Gasteiger partial charge in [0.1, 0.15) is 10.7 Å². The van der Waals surface area contributed by atoms with Crippen molar-refractivity contribution in [3.63, 3.8) is 0 Å². The number of aliphatic hydroxyl groups is 2. The Morgan fingerprint density at radius 3 is 2.64 bits per heavy atom. The van der Waals surface area contributed by atoms with Crippen LogP contribution in [0.1, 0.15) is 77.6 Å². The maximum absolute atomic E-state index is 12.4. The van der Waals surface area contributed by atoms with Gasteiger partial charge in [-0.05, 0) is 19.3 Å². The maximum Gasteiger partial charge on any atom is 0.477 e. The molecule has 0 aromatic carbocycles. The molecule has 1 unspecified atom stereocenters. The van der Waals surface area contributed by atoms with Gasteiger partial charge >= 0.3 is 11.1 Å². The number of rotatable bonds is 21. The van der Waals surface area contributed by atoms with Gasteiger partial charge in [-0.2, -0.15) is 9.68 Å². The highest BCUT2D eigenvalue weighted by Gasteiger charge is 2.39. The molecule has 1 rings (SSSR count). The summed E-state index contributed by atoms with van der Waals surface area (Å²) in [6.45, 7) is 1.37. The van der Waals surface area contributed by atoms with E-state index in [0.717, 1.165) is 45.6 Å². The number of hydrogen-bond donors (Lipinski definition) is 2. The molecule has 36 heavy (non-hydrogen) atoms. The van der Waals surface area contributed by atoms with Crippen LogP contribution in [0.3, 0.4) is 0 Å². The molecule has 12 heteroatoms. The van der Waals surface area contributed by atoms with Gasteiger partial charge in [-0.1, -0.05) is 57.6 Å². The summed E-state index contributed by atoms with van der Waals surface area (Å²) in [5, 5.41) is 22.5. The van der Waals surface area contributed by atoms with E-state index in [-0.39, 0.29) is 48.8 Å². The van der Waals surface area contributed by atoms with Gasteiger partial charge in [-0.15, -0.1) is 4.91 Å². The van der Waals surface area contributed by atoms with E-state index in [4.69, 9.17) is 4.74 Å². The molecule has 5 atom stereocenters. The highest BCUT2D eigenvalue weighted by Crippen LogP contribution is 2.34. The first-order valence-electron chi connectivity index (χ1n) is 12.7. The van der Waals surface area contributed by atoms with Crippen molar-refractivity contribution in [3.05, 3.63) is 22.0 Å². The summed E-state index contributed by atoms with van der Waals surface area (Å²) >= 11 is 0. The number of nitrogens with zero attached hydrogens (tertiary/aromatic N) is 2. The fraction of sp³-hybridized carbons (Fsp3) is 0.833. The number of esters is 1. The molecular formula is C24H41N2O10+. The zero-order valence-electron chi connectivity index (χ0n) is 21.3. The van der Waals surface area contributed by atoms with Gasteiger partial charge in [0, 0.05) is 24.7 Å². The van der Waals surface area contributed by atoms with Crippen molar-refractivity contribution >= 4 is 11.8 Å². The minimum absolute atomic E-state index is 0.0478. The molecule has 0 bridgehead atoms. The van der Waals surface area contributed by atoms with E-state index >= 15 is 0 Å². The van der Waals surface area contributed by atoms with Gasteiger partial charge in [0.05, 0.1) is 12.2 Å². The minimum Gasteiger partial charge on any atom is -0.455 e. The zero-order chi connectivity index (χ0) is 26.8. The van der Waals surface area contributed by atoms with Crippen LogP contribution in [0.2, 0.25) is 0 Å². The average molecular weight is 518 g/mol. The summed E-state index contributed by atoms with van der Waals surface area (Å²) in [5.74, 6) is -1.03. The molecule has 1 aliphatic rings. The van der Waals surface area contributed by atoms with E-state index in [9.17, 15) is 29.6 Å². The predicted octanol–water partition coefficient (Wildman–Crippen LogP) is 3.27. The van der Waals surface area contributed by atoms with E-state index < -0.39 is 24.3 Å². The highest BCUT2D eigenvalue weighted by atomic mass is 17.0. The Hall–Kier alpha value is -2.60. The standard InChI is InChI=1S/C24H41N2O10/c1-3-4-7-10-18(27)13-14-21-20(22(28)15-23(21)29)11-8-5-6-9-12-24(30)36-19(16-34-25-31)17-35-26(32)33-2/h13-14,18-21,23,27,29H,3-12,15-17H2,1-2H3/q+1/b14-13+/t18-,19?,20+,21+,23+/m0/s1. The van der Waals surface area contributed by atoms with Crippen LogP contribution in [-0.2, 0) is 28.8 Å². The summed E-state index contributed by atoms with van der Waals surface area (Å²) in [6.07, 6.45) is 8.74. The topological polar surface area (TPSA) is 161 Å². The van der Waals surface area contributed by atoms with Crippen LogP contribution < -0.4 is 0 Å². The van der Waals surface area contributed by atoms with Crippen LogP contribution in [-0.4, -0.2) is 65.7 Å². The lowest BCUT2D eigenvalue weighted by molar-refractivity contribution is -0.977. The van der Waals surface area contributed by atoms with Gasteiger partial charge in [0.15, 0.2) is 25.2 Å². The van der Waals surface area contributed by atoms with Gasteiger partial charge in [-0.25, -0.2) is 0 Å². The molecule has 0 amide bonds. The van der Waals surface area contributed by atoms with Crippen molar-refractivity contribution in [3.8, 4) is 0 Å². The molecule has 12 nitrogen and oxygen atoms in total. The summed E-state index contributed by atoms with van der Waals surface area (Å²) < 4.78 is 5.14. The van der Waals surface area contributed by atoms with E-state index in [2.05, 4.69) is 26.8 Å². The number of carbonyl (C=O) groups is 2. The Bertz CT molecular complexity index is 702. The zero-order valence-corrected chi connectivity index (χ0v) is 21.3. The number of carbonyl (C=O) groups excluding carboxylic acids is 2. The number of aliphatic hydroxyl groups excluding tert-OH is 2. The van der Waals surface area contributed by atoms with Crippen LogP contribution >= 0.6 is 0 Å². The van der Waals surface area contributed by atoms with Gasteiger partial charge in [-0.3, -0.25) is 9.59 Å². The highest BCUT2D eigenvalue weighted by molar-refractivity contribution is 5.84. The monoisotopic (exact) mass is 517 g/mol. The van der Waals surface area contributed by atoms with E-state index in [1.807, 2.05) is 0 Å². The normalized spacial score (nSPS) is 21.2. The lowest BCUT2D eigenvalue weighted by Gasteiger charge is -2.18. The molecule has 2 N–H and O–H groups in total. The second-order valence-electron chi connectivity index (χ2n) is 9.01. The molecule has 1 aliphatic carbocycles. The fourth-order valence-corrected chi connectivity index (χ4v) is 4.21. The van der Waals surface area contributed by atoms with E-state index in [1.165, 1.54) is 0 Å². The van der Waals surface area contributed by atoms with Gasteiger partial charge in [0.25, 0.3) is 0 Å². The Labute approximate surface area is 211 Å². The lowest BCUT2D eigenvalue weighted by atomic mass is 9.88. The quantitative estimate of drug-likeness (QED) is 0.0760. The molecule has 1 fully saturated rings. The molecule has 0 aromatic heterocycles. The summed E-state index contributed by atoms with van der Waals surface area (Å²) in [5.41, 5.74) is 0. The smallest absolute Gasteiger partial charge is 0.455 e. The minimum atomic E-state index is -1.00. The largest absolute Gasteiger partial charge is 0.477 e. The number of unbranched alkanes of at least 4 members (excludes halogenated alkanes) is 5. The SMILES string of the molecule is CCCCC[C@H](O)/C=C/[C@H]1[C@H](O)CC(=O)[C@@H]1CCCCCCC(=O)OC(CON=O)CO[N+](=O)OC. The fourth-order valence-electron chi connectivity index (χ4n) is 4.21. The van der Waals surface area contributed by atoms with Crippen LogP contribution in [0.4, 0.5) is 0 Å². The van der Waals surface area contributed by atoms with Crippen LogP contribution in [0, 0.1) is 21.6 Å². The number of ether oxygens (including phenoxy) is 1. The van der Waals surface area contributed by atoms with Crippen molar-refractivity contribution in [2.45, 2.75) is 95.9 Å². The third kappa shape index (κ3) is 12.9.